The van der Waals surface area contributed by atoms with E-state index < -0.39 is 0 Å². The summed E-state index contributed by atoms with van der Waals surface area (Å²) in [5.41, 5.74) is 3.99. The van der Waals surface area contributed by atoms with Crippen LogP contribution in [0, 0.1) is 30.6 Å². The van der Waals surface area contributed by atoms with E-state index in [1.807, 2.05) is 0 Å². The van der Waals surface area contributed by atoms with E-state index >= 15 is 0 Å². The molecule has 25 heavy (non-hydrogen) atoms. The summed E-state index contributed by atoms with van der Waals surface area (Å²) >= 11 is 0. The molecule has 4 aliphatic carbocycles. The van der Waals surface area contributed by atoms with Crippen molar-refractivity contribution in [1.29, 1.82) is 0 Å². The fourth-order valence-corrected chi connectivity index (χ4v) is 7.31. The second-order valence-corrected chi connectivity index (χ2v) is 9.03. The van der Waals surface area contributed by atoms with Gasteiger partial charge in [0, 0.05) is 5.69 Å². The van der Waals surface area contributed by atoms with E-state index in [1.54, 1.807) is 6.39 Å². The highest BCUT2D eigenvalue weighted by atomic mass is 16.3. The first-order valence-electron chi connectivity index (χ1n) is 9.98. The molecule has 0 saturated heterocycles. The zero-order valence-corrected chi connectivity index (χ0v) is 15.1. The highest BCUT2D eigenvalue weighted by molar-refractivity contribution is 5.62. The Hall–Kier alpha value is -1.77. The molecule has 1 atom stereocenters. The van der Waals surface area contributed by atoms with E-state index in [1.165, 1.54) is 54.8 Å². The molecule has 0 radical (unpaired) electrons. The highest BCUT2D eigenvalue weighted by Crippen LogP contribution is 2.68. The normalized spacial score (nSPS) is 40.9. The molecule has 7 rings (SSSR count). The average Bonchev–Trinajstić information content (AvgIpc) is 3.15. The number of hydrogen-bond donors (Lipinski definition) is 0. The van der Waals surface area contributed by atoms with Gasteiger partial charge >= 0.3 is 0 Å². The third kappa shape index (κ3) is 1.61. The lowest BCUT2D eigenvalue weighted by Gasteiger charge is -2.63. The van der Waals surface area contributed by atoms with Crippen LogP contribution in [-0.4, -0.2) is 4.98 Å². The molecule has 5 aliphatic rings. The summed E-state index contributed by atoms with van der Waals surface area (Å²) in [5.74, 6) is 4.56. The zero-order valence-electron chi connectivity index (χ0n) is 15.1. The SMILES string of the molecule is Cc1ccccc1N1[C@@H](C)c2ncoc2C12C1CC3CC(C1)CC2C3. The number of oxazole rings is 1. The van der Waals surface area contributed by atoms with Crippen LogP contribution >= 0.6 is 0 Å². The molecular weight excluding hydrogens is 308 g/mol. The molecule has 3 heteroatoms. The maximum atomic E-state index is 6.16. The number of benzene rings is 1. The smallest absolute Gasteiger partial charge is 0.181 e. The molecule has 4 bridgehead atoms. The lowest BCUT2D eigenvalue weighted by atomic mass is 9.48. The van der Waals surface area contributed by atoms with Crippen LogP contribution in [0.5, 0.6) is 0 Å². The quantitative estimate of drug-likeness (QED) is 0.716. The molecular formula is C22H26N2O. The first kappa shape index (κ1) is 14.4. The molecule has 1 aromatic carbocycles. The summed E-state index contributed by atoms with van der Waals surface area (Å²) in [6.45, 7) is 4.58. The highest BCUT2D eigenvalue weighted by Gasteiger charge is 2.66. The van der Waals surface area contributed by atoms with Crippen molar-refractivity contribution in [1.82, 2.24) is 4.98 Å². The van der Waals surface area contributed by atoms with Crippen LogP contribution in [-0.2, 0) is 5.54 Å². The first-order valence-corrected chi connectivity index (χ1v) is 9.98. The van der Waals surface area contributed by atoms with Crippen molar-refractivity contribution in [2.24, 2.45) is 23.7 Å². The maximum absolute atomic E-state index is 6.16. The number of anilines is 1. The lowest BCUT2D eigenvalue weighted by Crippen LogP contribution is -2.62. The summed E-state index contributed by atoms with van der Waals surface area (Å²) in [7, 11) is 0. The van der Waals surface area contributed by atoms with Crippen molar-refractivity contribution in [3.05, 3.63) is 47.7 Å². The molecule has 0 N–H and O–H groups in total. The minimum absolute atomic E-state index is 0.0464. The van der Waals surface area contributed by atoms with E-state index in [9.17, 15) is 0 Å². The van der Waals surface area contributed by atoms with Gasteiger partial charge in [0.2, 0.25) is 0 Å². The largest absolute Gasteiger partial charge is 0.446 e. The van der Waals surface area contributed by atoms with Crippen molar-refractivity contribution in [3.63, 3.8) is 0 Å². The fraction of sp³-hybridized carbons (Fsp3) is 0.591. The minimum atomic E-state index is 0.0464. The Kier molecular flexibility index (Phi) is 2.70. The number of aromatic nitrogens is 1. The summed E-state index contributed by atoms with van der Waals surface area (Å²) in [6.07, 6.45) is 8.68. The van der Waals surface area contributed by atoms with Gasteiger partial charge in [0.1, 0.15) is 11.2 Å². The molecule has 4 saturated carbocycles. The topological polar surface area (TPSA) is 29.3 Å². The molecule has 4 fully saturated rings. The van der Waals surface area contributed by atoms with Crippen LogP contribution in [0.2, 0.25) is 0 Å². The number of rotatable bonds is 1. The Morgan fingerprint density at radius 2 is 1.72 bits per heavy atom. The van der Waals surface area contributed by atoms with Crippen LogP contribution in [0.15, 0.2) is 35.1 Å². The third-order valence-corrected chi connectivity index (χ3v) is 7.90. The Bertz CT molecular complexity index is 810. The van der Waals surface area contributed by atoms with Crippen LogP contribution < -0.4 is 4.90 Å². The van der Waals surface area contributed by atoms with Gasteiger partial charge in [-0.3, -0.25) is 0 Å². The molecule has 1 aromatic heterocycles. The Labute approximate surface area is 149 Å². The van der Waals surface area contributed by atoms with Gasteiger partial charge in [0.25, 0.3) is 0 Å². The van der Waals surface area contributed by atoms with Gasteiger partial charge in [-0.25, -0.2) is 4.98 Å². The van der Waals surface area contributed by atoms with E-state index in [4.69, 9.17) is 4.42 Å². The predicted molar refractivity (Wildman–Crippen MR) is 97.3 cm³/mol. The third-order valence-electron chi connectivity index (χ3n) is 7.90. The van der Waals surface area contributed by atoms with E-state index in [0.29, 0.717) is 6.04 Å². The summed E-state index contributed by atoms with van der Waals surface area (Å²) in [5, 5.41) is 0. The molecule has 0 amide bonds. The predicted octanol–water partition coefficient (Wildman–Crippen LogP) is 5.22. The second-order valence-electron chi connectivity index (χ2n) is 9.03. The molecule has 2 aromatic rings. The molecule has 130 valence electrons. The molecule has 2 heterocycles. The van der Waals surface area contributed by atoms with Gasteiger partial charge in [-0.2, -0.15) is 0 Å². The summed E-state index contributed by atoms with van der Waals surface area (Å²) in [4.78, 5) is 7.41. The Morgan fingerprint density at radius 3 is 2.40 bits per heavy atom. The molecule has 0 unspecified atom stereocenters. The lowest BCUT2D eigenvalue weighted by molar-refractivity contribution is -0.0685. The van der Waals surface area contributed by atoms with Crippen LogP contribution in [0.25, 0.3) is 0 Å². The zero-order chi connectivity index (χ0) is 16.8. The van der Waals surface area contributed by atoms with Gasteiger partial charge in [0.05, 0.1) is 6.04 Å². The number of nitrogens with zero attached hydrogens (tertiary/aromatic N) is 2. The van der Waals surface area contributed by atoms with E-state index in [0.717, 1.165) is 23.7 Å². The summed E-state index contributed by atoms with van der Waals surface area (Å²) in [6, 6.07) is 9.20. The maximum Gasteiger partial charge on any atom is 0.181 e. The first-order chi connectivity index (χ1) is 12.2. The van der Waals surface area contributed by atoms with Crippen molar-refractivity contribution in [2.45, 2.75) is 57.5 Å². The van der Waals surface area contributed by atoms with Crippen molar-refractivity contribution in [2.75, 3.05) is 4.90 Å². The van der Waals surface area contributed by atoms with Gasteiger partial charge in [0.15, 0.2) is 12.2 Å². The van der Waals surface area contributed by atoms with Gasteiger partial charge < -0.3 is 9.32 Å². The van der Waals surface area contributed by atoms with E-state index in [-0.39, 0.29) is 5.54 Å². The standard InChI is InChI=1S/C22H26N2O/c1-13-5-3-4-6-19(13)24-14(2)20-21(25-12-23-20)22(24)17-8-15-7-16(10-17)11-18(22)9-15/h3-6,12,14-18H,7-11H2,1-2H3/t14-,15?,16?,17?,18?,22?/m0/s1. The Balaban J connectivity index is 1.61. The molecule has 1 aliphatic heterocycles. The Morgan fingerprint density at radius 1 is 1.04 bits per heavy atom. The molecule has 1 spiro atoms. The molecule has 3 nitrogen and oxygen atoms in total. The van der Waals surface area contributed by atoms with Crippen LogP contribution in [0.3, 0.4) is 0 Å². The minimum Gasteiger partial charge on any atom is -0.446 e. The monoisotopic (exact) mass is 334 g/mol. The van der Waals surface area contributed by atoms with Gasteiger partial charge in [-0.1, -0.05) is 18.2 Å². The number of aryl methyl sites for hydroxylation is 1. The number of fused-ring (bicyclic) bond motifs is 1. The van der Waals surface area contributed by atoms with Gasteiger partial charge in [-0.05, 0) is 81.3 Å². The van der Waals surface area contributed by atoms with Crippen molar-refractivity contribution >= 4 is 5.69 Å². The van der Waals surface area contributed by atoms with E-state index in [2.05, 4.69) is 48.0 Å². The van der Waals surface area contributed by atoms with Crippen molar-refractivity contribution in [3.8, 4) is 0 Å². The average molecular weight is 334 g/mol. The second kappa shape index (κ2) is 4.69. The number of hydrogen-bond acceptors (Lipinski definition) is 3. The van der Waals surface area contributed by atoms with Crippen molar-refractivity contribution < 1.29 is 4.42 Å². The van der Waals surface area contributed by atoms with Gasteiger partial charge in [-0.15, -0.1) is 0 Å². The van der Waals surface area contributed by atoms with Crippen LogP contribution in [0.1, 0.15) is 62.1 Å². The summed E-state index contributed by atoms with van der Waals surface area (Å²) < 4.78 is 6.16. The number of para-hydroxylation sites is 1. The fourth-order valence-electron chi connectivity index (χ4n) is 7.31. The van der Waals surface area contributed by atoms with Crippen LogP contribution in [0.4, 0.5) is 5.69 Å².